The fourth-order valence-electron chi connectivity index (χ4n) is 1.85. The zero-order chi connectivity index (χ0) is 10.8. The highest BCUT2D eigenvalue weighted by Crippen LogP contribution is 2.30. The highest BCUT2D eigenvalue weighted by molar-refractivity contribution is 7.14. The highest BCUT2D eigenvalue weighted by Gasteiger charge is 2.22. The predicted molar refractivity (Wildman–Crippen MR) is 60.4 cm³/mol. The van der Waals surface area contributed by atoms with Gasteiger partial charge >= 0.3 is 5.97 Å². The zero-order valence-electron chi connectivity index (χ0n) is 9.05. The Balaban J connectivity index is 2.32. The van der Waals surface area contributed by atoms with Crippen molar-refractivity contribution < 1.29 is 9.53 Å². The van der Waals surface area contributed by atoms with Crippen LogP contribution in [-0.4, -0.2) is 19.1 Å². The molecule has 1 aromatic rings. The van der Waals surface area contributed by atoms with Crippen molar-refractivity contribution >= 4 is 17.3 Å². The van der Waals surface area contributed by atoms with E-state index in [0.29, 0.717) is 6.61 Å². The predicted octanol–water partition coefficient (Wildman–Crippen LogP) is 1.88. The van der Waals surface area contributed by atoms with E-state index in [2.05, 4.69) is 5.32 Å². The van der Waals surface area contributed by atoms with Gasteiger partial charge in [-0.15, -0.1) is 11.3 Å². The lowest BCUT2D eigenvalue weighted by atomic mass is 10.1. The smallest absolute Gasteiger partial charge is 0.348 e. The van der Waals surface area contributed by atoms with Gasteiger partial charge in [-0.1, -0.05) is 0 Å². The topological polar surface area (TPSA) is 38.3 Å². The molecule has 15 heavy (non-hydrogen) atoms. The van der Waals surface area contributed by atoms with Crippen LogP contribution in [0, 0.1) is 6.92 Å². The Labute approximate surface area is 93.4 Å². The molecule has 0 aromatic carbocycles. The van der Waals surface area contributed by atoms with Crippen LogP contribution in [-0.2, 0) is 17.7 Å². The van der Waals surface area contributed by atoms with Crippen LogP contribution in [0.15, 0.2) is 0 Å². The molecule has 0 saturated heterocycles. The maximum Gasteiger partial charge on any atom is 0.348 e. The second-order valence-electron chi connectivity index (χ2n) is 3.61. The van der Waals surface area contributed by atoms with Crippen molar-refractivity contribution in [3.05, 3.63) is 20.9 Å². The average Bonchev–Trinajstić information content (AvgIpc) is 2.57. The van der Waals surface area contributed by atoms with Gasteiger partial charge in [-0.3, -0.25) is 0 Å². The minimum absolute atomic E-state index is 0.172. The molecule has 0 atom stereocenters. The third kappa shape index (κ3) is 1.92. The molecule has 0 spiro atoms. The molecule has 2 rings (SSSR count). The number of carbonyl (C=O) groups is 1. The van der Waals surface area contributed by atoms with Gasteiger partial charge in [-0.05, 0) is 31.4 Å². The highest BCUT2D eigenvalue weighted by atomic mass is 32.1. The molecule has 4 heteroatoms. The van der Waals surface area contributed by atoms with Crippen LogP contribution in [0.2, 0.25) is 0 Å². The van der Waals surface area contributed by atoms with Gasteiger partial charge in [0, 0.05) is 18.0 Å². The first-order valence-electron chi connectivity index (χ1n) is 5.23. The average molecular weight is 225 g/mol. The fraction of sp³-hybridized carbons (Fsp3) is 0.545. The largest absolute Gasteiger partial charge is 0.462 e. The Morgan fingerprint density at radius 2 is 2.40 bits per heavy atom. The van der Waals surface area contributed by atoms with Gasteiger partial charge in [-0.2, -0.15) is 0 Å². The van der Waals surface area contributed by atoms with Crippen molar-refractivity contribution in [3.8, 4) is 0 Å². The Kier molecular flexibility index (Phi) is 3.07. The van der Waals surface area contributed by atoms with Crippen molar-refractivity contribution in [3.63, 3.8) is 0 Å². The van der Waals surface area contributed by atoms with Crippen molar-refractivity contribution in [2.75, 3.05) is 13.2 Å². The van der Waals surface area contributed by atoms with E-state index in [1.807, 2.05) is 13.8 Å². The first-order chi connectivity index (χ1) is 7.24. The molecule has 1 aliphatic heterocycles. The lowest BCUT2D eigenvalue weighted by molar-refractivity contribution is 0.0531. The molecule has 0 radical (unpaired) electrons. The van der Waals surface area contributed by atoms with Gasteiger partial charge < -0.3 is 10.1 Å². The molecule has 0 unspecified atom stereocenters. The first kappa shape index (κ1) is 10.6. The molecule has 82 valence electrons. The molecule has 0 saturated carbocycles. The van der Waals surface area contributed by atoms with Crippen LogP contribution in [0.1, 0.15) is 32.6 Å². The van der Waals surface area contributed by atoms with Crippen molar-refractivity contribution in [2.45, 2.75) is 26.8 Å². The number of thiophene rings is 1. The van der Waals surface area contributed by atoms with E-state index in [-0.39, 0.29) is 5.97 Å². The third-order valence-electron chi connectivity index (χ3n) is 2.65. The van der Waals surface area contributed by atoms with E-state index >= 15 is 0 Å². The molecular formula is C11H15NO2S. The van der Waals surface area contributed by atoms with Crippen LogP contribution >= 0.6 is 11.3 Å². The Bertz CT molecular complexity index is 384. The van der Waals surface area contributed by atoms with Crippen molar-refractivity contribution in [1.29, 1.82) is 0 Å². The standard InChI is InChI=1S/C11H15NO2S/c1-3-14-11(13)10-7(2)8-6-12-5-4-9(8)15-10/h12H,3-6H2,1-2H3. The molecule has 1 aromatic heterocycles. The summed E-state index contributed by atoms with van der Waals surface area (Å²) < 4.78 is 5.04. The summed E-state index contributed by atoms with van der Waals surface area (Å²) in [4.78, 5) is 13.8. The maximum absolute atomic E-state index is 11.7. The van der Waals surface area contributed by atoms with Gasteiger partial charge in [0.25, 0.3) is 0 Å². The summed E-state index contributed by atoms with van der Waals surface area (Å²) >= 11 is 1.60. The monoisotopic (exact) mass is 225 g/mol. The number of nitrogens with one attached hydrogen (secondary N) is 1. The molecule has 0 aliphatic carbocycles. The van der Waals surface area contributed by atoms with E-state index in [1.165, 1.54) is 10.4 Å². The summed E-state index contributed by atoms with van der Waals surface area (Å²) in [5.74, 6) is -0.172. The third-order valence-corrected chi connectivity index (χ3v) is 4.02. The van der Waals surface area contributed by atoms with Crippen molar-refractivity contribution in [1.82, 2.24) is 5.32 Å². The maximum atomic E-state index is 11.7. The van der Waals surface area contributed by atoms with Crippen LogP contribution in [0.4, 0.5) is 0 Å². The molecule has 1 aliphatic rings. The van der Waals surface area contributed by atoms with E-state index in [9.17, 15) is 4.79 Å². The van der Waals surface area contributed by atoms with Crippen LogP contribution < -0.4 is 5.32 Å². The van der Waals surface area contributed by atoms with E-state index < -0.39 is 0 Å². The van der Waals surface area contributed by atoms with Crippen LogP contribution in [0.5, 0.6) is 0 Å². The van der Waals surface area contributed by atoms with E-state index in [1.54, 1.807) is 11.3 Å². The summed E-state index contributed by atoms with van der Waals surface area (Å²) in [6, 6.07) is 0. The molecule has 0 amide bonds. The number of fused-ring (bicyclic) bond motifs is 1. The van der Waals surface area contributed by atoms with Gasteiger partial charge in [0.05, 0.1) is 6.61 Å². The molecule has 1 N–H and O–H groups in total. The van der Waals surface area contributed by atoms with E-state index in [0.717, 1.165) is 30.0 Å². The Morgan fingerprint density at radius 1 is 1.60 bits per heavy atom. The molecule has 0 fully saturated rings. The summed E-state index contributed by atoms with van der Waals surface area (Å²) in [7, 11) is 0. The first-order valence-corrected chi connectivity index (χ1v) is 6.04. The lowest BCUT2D eigenvalue weighted by Crippen LogP contribution is -2.22. The number of esters is 1. The summed E-state index contributed by atoms with van der Waals surface area (Å²) in [5, 5.41) is 3.32. The van der Waals surface area contributed by atoms with Crippen LogP contribution in [0.25, 0.3) is 0 Å². The van der Waals surface area contributed by atoms with Gasteiger partial charge in [0.2, 0.25) is 0 Å². The van der Waals surface area contributed by atoms with Gasteiger partial charge in [0.1, 0.15) is 4.88 Å². The minimum Gasteiger partial charge on any atom is -0.462 e. The van der Waals surface area contributed by atoms with Gasteiger partial charge in [0.15, 0.2) is 0 Å². The van der Waals surface area contributed by atoms with Crippen LogP contribution in [0.3, 0.4) is 0 Å². The summed E-state index contributed by atoms with van der Waals surface area (Å²) in [6.07, 6.45) is 1.03. The number of hydrogen-bond donors (Lipinski definition) is 1. The second kappa shape index (κ2) is 4.33. The lowest BCUT2D eigenvalue weighted by Gasteiger charge is -2.12. The second-order valence-corrected chi connectivity index (χ2v) is 4.71. The normalized spacial score (nSPS) is 14.8. The Hall–Kier alpha value is -0.870. The minimum atomic E-state index is -0.172. The van der Waals surface area contributed by atoms with E-state index in [4.69, 9.17) is 4.74 Å². The Morgan fingerprint density at radius 3 is 3.07 bits per heavy atom. The number of rotatable bonds is 2. The number of hydrogen-bond acceptors (Lipinski definition) is 4. The number of ether oxygens (including phenoxy) is 1. The summed E-state index contributed by atoms with van der Waals surface area (Å²) in [5.41, 5.74) is 2.40. The zero-order valence-corrected chi connectivity index (χ0v) is 9.87. The fourth-order valence-corrected chi connectivity index (χ4v) is 3.06. The van der Waals surface area contributed by atoms with Gasteiger partial charge in [-0.25, -0.2) is 4.79 Å². The molecule has 0 bridgehead atoms. The SMILES string of the molecule is CCOC(=O)c1sc2c(c1C)CNCC2. The van der Waals surface area contributed by atoms with Crippen molar-refractivity contribution in [2.24, 2.45) is 0 Å². The molecule has 2 heterocycles. The molecular weight excluding hydrogens is 210 g/mol. The molecule has 3 nitrogen and oxygen atoms in total. The number of carbonyl (C=O) groups excluding carboxylic acids is 1. The quantitative estimate of drug-likeness (QED) is 0.781. The summed E-state index contributed by atoms with van der Waals surface area (Å²) in [6.45, 7) is 6.18.